The van der Waals surface area contributed by atoms with Crippen molar-refractivity contribution < 1.29 is 23.9 Å². The Morgan fingerprint density at radius 2 is 2.10 bits per heavy atom. The lowest BCUT2D eigenvalue weighted by Gasteiger charge is -2.23. The van der Waals surface area contributed by atoms with E-state index >= 15 is 0 Å². The second-order valence-corrected chi connectivity index (χ2v) is 4.61. The molecule has 1 heterocycles. The van der Waals surface area contributed by atoms with Crippen LogP contribution in [0.1, 0.15) is 32.6 Å². The molecule has 2 amide bonds. The van der Waals surface area contributed by atoms with Gasteiger partial charge in [0.2, 0.25) is 5.91 Å². The quantitative estimate of drug-likeness (QED) is 0.573. The Hall–Kier alpha value is -1.79. The number of ether oxygens (including phenoxy) is 2. The highest BCUT2D eigenvalue weighted by Gasteiger charge is 2.35. The maximum absolute atomic E-state index is 11.9. The van der Waals surface area contributed by atoms with Crippen molar-refractivity contribution in [1.82, 2.24) is 10.2 Å². The minimum absolute atomic E-state index is 0.190. The average molecular weight is 286 g/mol. The summed E-state index contributed by atoms with van der Waals surface area (Å²) in [4.78, 5) is 36.2. The smallest absolute Gasteiger partial charge is 0.410 e. The zero-order valence-corrected chi connectivity index (χ0v) is 12.0. The standard InChI is InChI=1S/C13H22N2O5/c1-3-4-8-20-13(18)15-7-5-6-10(15)12(17)14-9-11(16)19-2/h10H,3-9H2,1-2H3,(H,14,17). The molecular formula is C13H22N2O5. The molecule has 0 aromatic carbocycles. The normalized spacial score (nSPS) is 17.7. The third-order valence-electron chi connectivity index (χ3n) is 3.15. The van der Waals surface area contributed by atoms with Crippen LogP contribution in [0.4, 0.5) is 4.79 Å². The fourth-order valence-electron chi connectivity index (χ4n) is 1.99. The van der Waals surface area contributed by atoms with Gasteiger partial charge in [-0.2, -0.15) is 0 Å². The Morgan fingerprint density at radius 1 is 1.35 bits per heavy atom. The van der Waals surface area contributed by atoms with Gasteiger partial charge in [0.25, 0.3) is 0 Å². The fraction of sp³-hybridized carbons (Fsp3) is 0.769. The molecule has 20 heavy (non-hydrogen) atoms. The summed E-state index contributed by atoms with van der Waals surface area (Å²) < 4.78 is 9.55. The molecule has 1 aliphatic rings. The monoisotopic (exact) mass is 286 g/mol. The van der Waals surface area contributed by atoms with Crippen LogP contribution in [0.25, 0.3) is 0 Å². The molecule has 1 unspecified atom stereocenters. The van der Waals surface area contributed by atoms with E-state index in [-0.39, 0.29) is 12.5 Å². The van der Waals surface area contributed by atoms with Gasteiger partial charge >= 0.3 is 12.1 Å². The highest BCUT2D eigenvalue weighted by molar-refractivity contribution is 5.88. The number of carbonyl (C=O) groups excluding carboxylic acids is 3. The zero-order chi connectivity index (χ0) is 15.0. The summed E-state index contributed by atoms with van der Waals surface area (Å²) in [6, 6.07) is -0.561. The number of likely N-dealkylation sites (tertiary alicyclic amines) is 1. The van der Waals surface area contributed by atoms with Gasteiger partial charge in [0, 0.05) is 6.54 Å². The highest BCUT2D eigenvalue weighted by atomic mass is 16.6. The number of nitrogens with zero attached hydrogens (tertiary/aromatic N) is 1. The van der Waals surface area contributed by atoms with Crippen LogP contribution >= 0.6 is 0 Å². The minimum atomic E-state index is -0.561. The lowest BCUT2D eigenvalue weighted by molar-refractivity contribution is -0.141. The molecule has 0 spiro atoms. The second kappa shape index (κ2) is 8.39. The summed E-state index contributed by atoms with van der Waals surface area (Å²) in [5.74, 6) is -0.867. The third kappa shape index (κ3) is 4.71. The van der Waals surface area contributed by atoms with E-state index in [1.165, 1.54) is 12.0 Å². The first-order chi connectivity index (χ1) is 9.60. The number of amides is 2. The molecule has 0 saturated carbocycles. The van der Waals surface area contributed by atoms with E-state index in [1.54, 1.807) is 0 Å². The van der Waals surface area contributed by atoms with Crippen LogP contribution in [0.2, 0.25) is 0 Å². The Morgan fingerprint density at radius 3 is 2.75 bits per heavy atom. The summed E-state index contributed by atoms with van der Waals surface area (Å²) in [6.45, 7) is 2.68. The van der Waals surface area contributed by atoms with E-state index in [0.717, 1.165) is 19.3 Å². The van der Waals surface area contributed by atoms with Crippen molar-refractivity contribution in [2.75, 3.05) is 26.8 Å². The highest BCUT2D eigenvalue weighted by Crippen LogP contribution is 2.18. The van der Waals surface area contributed by atoms with Crippen LogP contribution in [-0.2, 0) is 19.1 Å². The van der Waals surface area contributed by atoms with E-state index in [9.17, 15) is 14.4 Å². The molecule has 0 aromatic heterocycles. The molecule has 0 radical (unpaired) electrons. The largest absolute Gasteiger partial charge is 0.468 e. The Balaban J connectivity index is 2.45. The molecule has 1 N–H and O–H groups in total. The number of unbranched alkanes of at least 4 members (excludes halogenated alkanes) is 1. The van der Waals surface area contributed by atoms with Gasteiger partial charge in [-0.3, -0.25) is 14.5 Å². The zero-order valence-electron chi connectivity index (χ0n) is 12.0. The first kappa shape index (κ1) is 16.3. The second-order valence-electron chi connectivity index (χ2n) is 4.61. The number of rotatable bonds is 6. The number of hydrogen-bond acceptors (Lipinski definition) is 5. The first-order valence-corrected chi connectivity index (χ1v) is 6.88. The summed E-state index contributed by atoms with van der Waals surface area (Å²) in [5.41, 5.74) is 0. The van der Waals surface area contributed by atoms with Crippen molar-refractivity contribution in [3.63, 3.8) is 0 Å². The van der Waals surface area contributed by atoms with Gasteiger partial charge in [0.1, 0.15) is 12.6 Å². The van der Waals surface area contributed by atoms with Gasteiger partial charge in [-0.25, -0.2) is 4.79 Å². The van der Waals surface area contributed by atoms with Gasteiger partial charge in [-0.15, -0.1) is 0 Å². The van der Waals surface area contributed by atoms with Crippen LogP contribution in [0.3, 0.4) is 0 Å². The minimum Gasteiger partial charge on any atom is -0.468 e. The van der Waals surface area contributed by atoms with Gasteiger partial charge < -0.3 is 14.8 Å². The SMILES string of the molecule is CCCCOC(=O)N1CCCC1C(=O)NCC(=O)OC. The maximum Gasteiger partial charge on any atom is 0.410 e. The fourth-order valence-corrected chi connectivity index (χ4v) is 1.99. The van der Waals surface area contributed by atoms with E-state index in [2.05, 4.69) is 10.1 Å². The molecule has 0 aliphatic carbocycles. The lowest BCUT2D eigenvalue weighted by atomic mass is 10.2. The summed E-state index contributed by atoms with van der Waals surface area (Å²) in [7, 11) is 1.25. The maximum atomic E-state index is 11.9. The predicted molar refractivity (Wildman–Crippen MR) is 71.0 cm³/mol. The van der Waals surface area contributed by atoms with Crippen molar-refractivity contribution in [3.8, 4) is 0 Å². The average Bonchev–Trinajstić information content (AvgIpc) is 2.94. The first-order valence-electron chi connectivity index (χ1n) is 6.88. The Bertz CT molecular complexity index is 359. The van der Waals surface area contributed by atoms with Crippen LogP contribution in [-0.4, -0.2) is 55.7 Å². The van der Waals surface area contributed by atoms with Crippen molar-refractivity contribution >= 4 is 18.0 Å². The molecule has 1 fully saturated rings. The molecule has 7 heteroatoms. The topological polar surface area (TPSA) is 84.9 Å². The molecule has 0 bridgehead atoms. The number of esters is 1. The number of hydrogen-bond donors (Lipinski definition) is 1. The predicted octanol–water partition coefficient (Wildman–Crippen LogP) is 0.677. The van der Waals surface area contributed by atoms with Crippen LogP contribution in [0.15, 0.2) is 0 Å². The third-order valence-corrected chi connectivity index (χ3v) is 3.15. The van der Waals surface area contributed by atoms with Crippen molar-refractivity contribution in [1.29, 1.82) is 0 Å². The molecule has 0 aromatic rings. The summed E-state index contributed by atoms with van der Waals surface area (Å²) in [5, 5.41) is 2.46. The molecular weight excluding hydrogens is 264 g/mol. The Labute approximate surface area is 118 Å². The molecule has 7 nitrogen and oxygen atoms in total. The molecule has 1 aliphatic heterocycles. The number of methoxy groups -OCH3 is 1. The number of nitrogens with one attached hydrogen (secondary N) is 1. The molecule has 1 rings (SSSR count). The molecule has 1 saturated heterocycles. The molecule has 1 atom stereocenters. The van der Waals surface area contributed by atoms with Gasteiger partial charge in [-0.1, -0.05) is 13.3 Å². The lowest BCUT2D eigenvalue weighted by Crippen LogP contribution is -2.47. The van der Waals surface area contributed by atoms with E-state index < -0.39 is 18.1 Å². The van der Waals surface area contributed by atoms with Crippen molar-refractivity contribution in [3.05, 3.63) is 0 Å². The van der Waals surface area contributed by atoms with Gasteiger partial charge in [0.15, 0.2) is 0 Å². The van der Waals surface area contributed by atoms with Crippen LogP contribution in [0.5, 0.6) is 0 Å². The molecule has 114 valence electrons. The summed E-state index contributed by atoms with van der Waals surface area (Å²) in [6.07, 6.45) is 2.61. The van der Waals surface area contributed by atoms with Crippen LogP contribution in [0, 0.1) is 0 Å². The Kier molecular flexibility index (Phi) is 6.83. The van der Waals surface area contributed by atoms with Crippen LogP contribution < -0.4 is 5.32 Å². The van der Waals surface area contributed by atoms with E-state index in [0.29, 0.717) is 19.6 Å². The number of carbonyl (C=O) groups is 3. The van der Waals surface area contributed by atoms with Gasteiger partial charge in [0.05, 0.1) is 13.7 Å². The summed E-state index contributed by atoms with van der Waals surface area (Å²) >= 11 is 0. The van der Waals surface area contributed by atoms with Crippen molar-refractivity contribution in [2.45, 2.75) is 38.6 Å². The van der Waals surface area contributed by atoms with Gasteiger partial charge in [-0.05, 0) is 19.3 Å². The van der Waals surface area contributed by atoms with E-state index in [4.69, 9.17) is 4.74 Å². The van der Waals surface area contributed by atoms with E-state index in [1.807, 2.05) is 6.92 Å². The van der Waals surface area contributed by atoms with Crippen molar-refractivity contribution in [2.24, 2.45) is 0 Å².